The highest BCUT2D eigenvalue weighted by molar-refractivity contribution is 8.13. The molecule has 21 heavy (non-hydrogen) atoms. The second-order valence-corrected chi connectivity index (χ2v) is 5.37. The Kier molecular flexibility index (Phi) is 4.07. The second kappa shape index (κ2) is 6.32. The van der Waals surface area contributed by atoms with Gasteiger partial charge in [-0.25, -0.2) is 0 Å². The van der Waals surface area contributed by atoms with E-state index in [1.54, 1.807) is 4.68 Å². The van der Waals surface area contributed by atoms with Gasteiger partial charge in [-0.15, -0.1) is 5.10 Å². The molecule has 0 N–H and O–H groups in total. The first-order chi connectivity index (χ1) is 10.3. The van der Waals surface area contributed by atoms with Crippen molar-refractivity contribution in [3.8, 4) is 5.69 Å². The summed E-state index contributed by atoms with van der Waals surface area (Å²) in [5, 5.41) is 12.0. The van der Waals surface area contributed by atoms with Crippen molar-refractivity contribution in [1.29, 1.82) is 0 Å². The first kappa shape index (κ1) is 13.5. The Bertz CT molecular complexity index is 728. The van der Waals surface area contributed by atoms with E-state index in [0.29, 0.717) is 11.6 Å². The molecule has 0 aliphatic heterocycles. The largest absolute Gasteiger partial charge is 0.286 e. The fourth-order valence-electron chi connectivity index (χ4n) is 1.87. The fraction of sp³-hybridized carbons (Fsp3) is 0.0667. The van der Waals surface area contributed by atoms with Crippen molar-refractivity contribution in [3.05, 3.63) is 66.2 Å². The summed E-state index contributed by atoms with van der Waals surface area (Å²) < 4.78 is 1.56. The van der Waals surface area contributed by atoms with Gasteiger partial charge in [0.05, 0.1) is 5.69 Å². The van der Waals surface area contributed by atoms with Crippen molar-refractivity contribution >= 4 is 16.9 Å². The maximum atomic E-state index is 12.1. The minimum absolute atomic E-state index is 0.00758. The van der Waals surface area contributed by atoms with Crippen LogP contribution in [0.5, 0.6) is 0 Å². The van der Waals surface area contributed by atoms with Gasteiger partial charge in [-0.2, -0.15) is 4.68 Å². The molecular weight excluding hydrogens is 284 g/mol. The number of aromatic nitrogens is 4. The summed E-state index contributed by atoms with van der Waals surface area (Å²) >= 11 is 1.05. The van der Waals surface area contributed by atoms with Crippen molar-refractivity contribution in [2.45, 2.75) is 11.6 Å². The van der Waals surface area contributed by atoms with Gasteiger partial charge < -0.3 is 0 Å². The summed E-state index contributed by atoms with van der Waals surface area (Å²) in [6.07, 6.45) is 0.354. The van der Waals surface area contributed by atoms with Crippen LogP contribution in [0.25, 0.3) is 5.69 Å². The summed E-state index contributed by atoms with van der Waals surface area (Å²) in [6.45, 7) is 0. The molecule has 104 valence electrons. The van der Waals surface area contributed by atoms with E-state index in [1.165, 1.54) is 0 Å². The molecule has 3 aromatic rings. The van der Waals surface area contributed by atoms with Crippen LogP contribution in [0.3, 0.4) is 0 Å². The van der Waals surface area contributed by atoms with E-state index < -0.39 is 0 Å². The third-order valence-electron chi connectivity index (χ3n) is 2.84. The van der Waals surface area contributed by atoms with E-state index in [-0.39, 0.29) is 5.12 Å². The van der Waals surface area contributed by atoms with Crippen molar-refractivity contribution in [2.75, 3.05) is 0 Å². The lowest BCUT2D eigenvalue weighted by Crippen LogP contribution is -2.03. The number of nitrogens with zero attached hydrogens (tertiary/aromatic N) is 4. The van der Waals surface area contributed by atoms with E-state index in [0.717, 1.165) is 23.0 Å². The predicted molar refractivity (Wildman–Crippen MR) is 80.2 cm³/mol. The lowest BCUT2D eigenvalue weighted by Gasteiger charge is -2.03. The Labute approximate surface area is 126 Å². The molecule has 1 heterocycles. The minimum atomic E-state index is 0.00758. The summed E-state index contributed by atoms with van der Waals surface area (Å²) in [5.74, 6) is 0. The zero-order valence-corrected chi connectivity index (χ0v) is 11.9. The highest BCUT2D eigenvalue weighted by Gasteiger charge is 2.14. The summed E-state index contributed by atoms with van der Waals surface area (Å²) in [6, 6.07) is 19.1. The maximum Gasteiger partial charge on any atom is 0.221 e. The van der Waals surface area contributed by atoms with Gasteiger partial charge in [0, 0.05) is 6.42 Å². The number of thioether (sulfide) groups is 1. The Hall–Kier alpha value is -2.47. The molecule has 0 spiro atoms. The topological polar surface area (TPSA) is 60.7 Å². The van der Waals surface area contributed by atoms with Gasteiger partial charge in [-0.05, 0) is 39.9 Å². The number of para-hydroxylation sites is 1. The second-order valence-electron chi connectivity index (χ2n) is 4.35. The zero-order valence-electron chi connectivity index (χ0n) is 11.1. The van der Waals surface area contributed by atoms with Crippen molar-refractivity contribution < 1.29 is 4.79 Å². The van der Waals surface area contributed by atoms with Crippen LogP contribution in [0.1, 0.15) is 5.56 Å². The number of benzene rings is 2. The monoisotopic (exact) mass is 296 g/mol. The molecule has 0 fully saturated rings. The van der Waals surface area contributed by atoms with Gasteiger partial charge in [0.1, 0.15) is 0 Å². The molecule has 3 rings (SSSR count). The summed E-state index contributed by atoms with van der Waals surface area (Å²) in [7, 11) is 0. The maximum absolute atomic E-state index is 12.1. The highest BCUT2D eigenvalue weighted by atomic mass is 32.2. The molecule has 5 nitrogen and oxygen atoms in total. The normalized spacial score (nSPS) is 10.5. The van der Waals surface area contributed by atoms with Crippen molar-refractivity contribution in [3.63, 3.8) is 0 Å². The smallest absolute Gasteiger partial charge is 0.221 e. The van der Waals surface area contributed by atoms with Gasteiger partial charge in [0.2, 0.25) is 10.3 Å². The number of rotatable bonds is 4. The third-order valence-corrected chi connectivity index (χ3v) is 3.65. The van der Waals surface area contributed by atoms with Gasteiger partial charge >= 0.3 is 0 Å². The molecule has 1 aromatic heterocycles. The van der Waals surface area contributed by atoms with Crippen LogP contribution in [0.15, 0.2) is 65.8 Å². The van der Waals surface area contributed by atoms with Crippen LogP contribution in [0.2, 0.25) is 0 Å². The van der Waals surface area contributed by atoms with Crippen LogP contribution >= 0.6 is 11.8 Å². The molecule has 6 heteroatoms. The van der Waals surface area contributed by atoms with Crippen molar-refractivity contribution in [2.24, 2.45) is 0 Å². The lowest BCUT2D eigenvalue weighted by molar-refractivity contribution is -0.110. The van der Waals surface area contributed by atoms with E-state index >= 15 is 0 Å². The fourth-order valence-corrected chi connectivity index (χ4v) is 2.62. The van der Waals surface area contributed by atoms with Crippen LogP contribution in [0.4, 0.5) is 0 Å². The average Bonchev–Trinajstić information content (AvgIpc) is 2.97. The summed E-state index contributed by atoms with van der Waals surface area (Å²) in [4.78, 5) is 12.1. The molecule has 0 unspecified atom stereocenters. The number of carbonyl (C=O) groups is 1. The van der Waals surface area contributed by atoms with Gasteiger partial charge in [-0.3, -0.25) is 4.79 Å². The van der Waals surface area contributed by atoms with Crippen LogP contribution in [0, 0.1) is 0 Å². The average molecular weight is 296 g/mol. The number of hydrogen-bond donors (Lipinski definition) is 0. The van der Waals surface area contributed by atoms with Gasteiger partial charge in [0.15, 0.2) is 0 Å². The van der Waals surface area contributed by atoms with Crippen LogP contribution in [-0.4, -0.2) is 25.3 Å². The van der Waals surface area contributed by atoms with Crippen LogP contribution in [-0.2, 0) is 11.2 Å². The first-order valence-corrected chi connectivity index (χ1v) is 7.23. The van der Waals surface area contributed by atoms with Crippen molar-refractivity contribution in [1.82, 2.24) is 20.2 Å². The molecule has 0 aliphatic carbocycles. The standard InChI is InChI=1S/C15H12N4OS/c20-14(11-12-7-3-1-4-8-12)21-15-16-17-18-19(15)13-9-5-2-6-10-13/h1-10H,11H2. The molecule has 0 radical (unpaired) electrons. The minimum Gasteiger partial charge on any atom is -0.286 e. The van der Waals surface area contributed by atoms with Gasteiger partial charge in [0.25, 0.3) is 0 Å². The highest BCUT2D eigenvalue weighted by Crippen LogP contribution is 2.20. The molecule has 0 saturated heterocycles. The van der Waals surface area contributed by atoms with E-state index in [4.69, 9.17) is 0 Å². The molecule has 0 saturated carbocycles. The Morgan fingerprint density at radius 3 is 2.38 bits per heavy atom. The molecular formula is C15H12N4OS. The van der Waals surface area contributed by atoms with E-state index in [1.807, 2.05) is 60.7 Å². The van der Waals surface area contributed by atoms with E-state index in [2.05, 4.69) is 15.5 Å². The molecule has 2 aromatic carbocycles. The lowest BCUT2D eigenvalue weighted by atomic mass is 10.2. The molecule has 0 bridgehead atoms. The Balaban J connectivity index is 1.74. The first-order valence-electron chi connectivity index (χ1n) is 6.41. The Morgan fingerprint density at radius 2 is 1.67 bits per heavy atom. The van der Waals surface area contributed by atoms with Crippen LogP contribution < -0.4 is 0 Å². The number of hydrogen-bond acceptors (Lipinski definition) is 5. The number of tetrazole rings is 1. The quantitative estimate of drug-likeness (QED) is 0.692. The SMILES string of the molecule is O=C(Cc1ccccc1)Sc1nnnn1-c1ccccc1. The van der Waals surface area contributed by atoms with E-state index in [9.17, 15) is 4.79 Å². The van der Waals surface area contributed by atoms with Gasteiger partial charge in [-0.1, -0.05) is 48.5 Å². The molecule has 0 aliphatic rings. The molecule has 0 atom stereocenters. The summed E-state index contributed by atoms with van der Waals surface area (Å²) in [5.41, 5.74) is 1.81. The number of carbonyl (C=O) groups excluding carboxylic acids is 1. The zero-order chi connectivity index (χ0) is 14.5. The predicted octanol–water partition coefficient (Wildman–Crippen LogP) is 2.52. The molecule has 0 amide bonds. The Morgan fingerprint density at radius 1 is 1.00 bits per heavy atom. The third kappa shape index (κ3) is 3.35.